The fourth-order valence-corrected chi connectivity index (χ4v) is 5.57. The van der Waals surface area contributed by atoms with E-state index in [1.165, 1.54) is 12.1 Å². The van der Waals surface area contributed by atoms with Gasteiger partial charge in [0.2, 0.25) is 10.0 Å². The normalized spacial score (nSPS) is 13.0. The lowest BCUT2D eigenvalue weighted by Crippen LogP contribution is -2.20. The Hall–Kier alpha value is -2.77. The molecule has 3 N–H and O–H groups in total. The van der Waals surface area contributed by atoms with Crippen molar-refractivity contribution in [2.24, 2.45) is 0 Å². The minimum Gasteiger partial charge on any atom is -0.508 e. The standard InChI is InChI=1S/C21H26N4O6S3/c1-32(27)11-10-15-8-9-16(26)14-19(15)24-20-21(23-18-7-4-3-6-17(18)22-20)25-34(30,31)13-5-12-33(2,28)29/h3-4,6-9,14,26H,5,10-13H2,1-2H3,(H,22,24)(H,23,25). The molecule has 1 atom stereocenters. The van der Waals surface area contributed by atoms with Crippen molar-refractivity contribution < 1.29 is 26.2 Å². The number of aryl methyl sites for hydroxylation is 1. The number of phenols is 1. The zero-order valence-electron chi connectivity index (χ0n) is 18.7. The van der Waals surface area contributed by atoms with Gasteiger partial charge in [-0.25, -0.2) is 26.8 Å². The first-order valence-electron chi connectivity index (χ1n) is 10.3. The minimum absolute atomic E-state index is 0.0134. The predicted octanol–water partition coefficient (Wildman–Crippen LogP) is 2.18. The molecule has 0 amide bonds. The highest BCUT2D eigenvalue weighted by atomic mass is 32.2. The van der Waals surface area contributed by atoms with Crippen LogP contribution in [0.4, 0.5) is 17.3 Å². The molecule has 10 nitrogen and oxygen atoms in total. The van der Waals surface area contributed by atoms with Crippen molar-refractivity contribution in [2.45, 2.75) is 12.8 Å². The van der Waals surface area contributed by atoms with E-state index in [1.54, 1.807) is 36.6 Å². The number of nitrogens with zero attached hydrogens (tertiary/aromatic N) is 2. The highest BCUT2D eigenvalue weighted by Crippen LogP contribution is 2.30. The van der Waals surface area contributed by atoms with Gasteiger partial charge >= 0.3 is 0 Å². The van der Waals surface area contributed by atoms with Crippen LogP contribution in [-0.2, 0) is 37.1 Å². The Bertz CT molecular complexity index is 1430. The number of rotatable bonds is 11. The number of phenolic OH excluding ortho intramolecular Hbond substituents is 1. The fourth-order valence-electron chi connectivity index (χ4n) is 3.15. The van der Waals surface area contributed by atoms with E-state index in [0.29, 0.717) is 28.9 Å². The third-order valence-electron chi connectivity index (χ3n) is 4.76. The van der Waals surface area contributed by atoms with Gasteiger partial charge in [-0.2, -0.15) is 0 Å². The zero-order valence-corrected chi connectivity index (χ0v) is 21.1. The molecule has 0 saturated heterocycles. The van der Waals surface area contributed by atoms with E-state index in [1.807, 2.05) is 0 Å². The van der Waals surface area contributed by atoms with Gasteiger partial charge in [-0.15, -0.1) is 0 Å². The van der Waals surface area contributed by atoms with Crippen LogP contribution in [0.15, 0.2) is 42.5 Å². The van der Waals surface area contributed by atoms with E-state index < -0.39 is 36.4 Å². The van der Waals surface area contributed by atoms with E-state index >= 15 is 0 Å². The molecular formula is C21H26N4O6S3. The molecule has 1 unspecified atom stereocenters. The summed E-state index contributed by atoms with van der Waals surface area (Å²) in [6.07, 6.45) is 3.03. The molecule has 0 radical (unpaired) electrons. The SMILES string of the molecule is CS(=O)CCc1ccc(O)cc1Nc1nc2ccccc2nc1NS(=O)(=O)CCCS(C)(=O)=O. The number of para-hydroxylation sites is 2. The molecule has 2 aromatic carbocycles. The largest absolute Gasteiger partial charge is 0.508 e. The van der Waals surface area contributed by atoms with E-state index in [4.69, 9.17) is 0 Å². The van der Waals surface area contributed by atoms with E-state index in [-0.39, 0.29) is 29.6 Å². The summed E-state index contributed by atoms with van der Waals surface area (Å²) in [6, 6.07) is 11.6. The van der Waals surface area contributed by atoms with Crippen LogP contribution in [0.2, 0.25) is 0 Å². The van der Waals surface area contributed by atoms with Crippen molar-refractivity contribution in [1.29, 1.82) is 0 Å². The number of hydrogen-bond donors (Lipinski definition) is 3. The van der Waals surface area contributed by atoms with Crippen LogP contribution in [0.3, 0.4) is 0 Å². The fraction of sp³-hybridized carbons (Fsp3) is 0.333. The molecule has 0 bridgehead atoms. The number of benzene rings is 2. The van der Waals surface area contributed by atoms with Gasteiger partial charge in [0.15, 0.2) is 11.6 Å². The number of aromatic nitrogens is 2. The van der Waals surface area contributed by atoms with Gasteiger partial charge in [0.1, 0.15) is 15.6 Å². The molecule has 3 aromatic rings. The summed E-state index contributed by atoms with van der Waals surface area (Å²) in [5, 5.41) is 13.0. The van der Waals surface area contributed by atoms with Gasteiger partial charge in [0, 0.05) is 40.8 Å². The van der Waals surface area contributed by atoms with Crippen LogP contribution >= 0.6 is 0 Å². The third-order valence-corrected chi connectivity index (χ3v) is 7.90. The van der Waals surface area contributed by atoms with Crippen LogP contribution in [0, 0.1) is 0 Å². The Morgan fingerprint density at radius 2 is 1.62 bits per heavy atom. The number of fused-ring (bicyclic) bond motifs is 1. The summed E-state index contributed by atoms with van der Waals surface area (Å²) >= 11 is 0. The summed E-state index contributed by atoms with van der Waals surface area (Å²) in [7, 11) is -8.25. The molecule has 13 heteroatoms. The summed E-state index contributed by atoms with van der Waals surface area (Å²) in [5.41, 5.74) is 2.19. The smallest absolute Gasteiger partial charge is 0.234 e. The van der Waals surface area contributed by atoms with Crippen molar-refractivity contribution in [3.05, 3.63) is 48.0 Å². The second-order valence-electron chi connectivity index (χ2n) is 7.81. The number of nitrogens with one attached hydrogen (secondary N) is 2. The number of anilines is 3. The van der Waals surface area contributed by atoms with Crippen molar-refractivity contribution in [3.63, 3.8) is 0 Å². The summed E-state index contributed by atoms with van der Waals surface area (Å²) < 4.78 is 62.0. The highest BCUT2D eigenvalue weighted by molar-refractivity contribution is 7.93. The van der Waals surface area contributed by atoms with Crippen LogP contribution < -0.4 is 10.0 Å². The highest BCUT2D eigenvalue weighted by Gasteiger charge is 2.19. The van der Waals surface area contributed by atoms with Crippen molar-refractivity contribution in [2.75, 3.05) is 39.8 Å². The van der Waals surface area contributed by atoms with Crippen LogP contribution in [-0.4, -0.2) is 65.9 Å². The number of aromatic hydroxyl groups is 1. The summed E-state index contributed by atoms with van der Waals surface area (Å²) in [6.45, 7) is 0. The molecule has 1 aromatic heterocycles. The first-order chi connectivity index (χ1) is 15.9. The molecule has 3 rings (SSSR count). The molecule has 184 valence electrons. The summed E-state index contributed by atoms with van der Waals surface area (Å²) in [4.78, 5) is 8.90. The van der Waals surface area contributed by atoms with Gasteiger partial charge in [0.25, 0.3) is 0 Å². The Kier molecular flexibility index (Phi) is 8.10. The topological polar surface area (TPSA) is 155 Å². The van der Waals surface area contributed by atoms with Gasteiger partial charge < -0.3 is 10.4 Å². The van der Waals surface area contributed by atoms with Gasteiger partial charge in [-0.05, 0) is 36.6 Å². The molecule has 0 spiro atoms. The maximum Gasteiger partial charge on any atom is 0.234 e. The van der Waals surface area contributed by atoms with Crippen LogP contribution in [0.1, 0.15) is 12.0 Å². The quantitative estimate of drug-likeness (QED) is 0.341. The average molecular weight is 527 g/mol. The predicted molar refractivity (Wildman–Crippen MR) is 135 cm³/mol. The van der Waals surface area contributed by atoms with Crippen molar-refractivity contribution in [3.8, 4) is 5.75 Å². The third kappa shape index (κ3) is 7.64. The minimum atomic E-state index is -3.93. The van der Waals surface area contributed by atoms with Crippen molar-refractivity contribution >= 4 is 59.0 Å². The Balaban J connectivity index is 1.97. The second-order valence-corrected chi connectivity index (χ2v) is 13.5. The molecule has 0 aliphatic heterocycles. The first-order valence-corrected chi connectivity index (χ1v) is 15.7. The lowest BCUT2D eigenvalue weighted by molar-refractivity contribution is 0.475. The van der Waals surface area contributed by atoms with E-state index in [9.17, 15) is 26.2 Å². The molecule has 1 heterocycles. The maximum atomic E-state index is 12.6. The Morgan fingerprint density at radius 1 is 0.971 bits per heavy atom. The zero-order chi connectivity index (χ0) is 24.9. The number of hydrogen-bond acceptors (Lipinski definition) is 9. The first kappa shape index (κ1) is 25.8. The van der Waals surface area contributed by atoms with Gasteiger partial charge in [0.05, 0.1) is 22.5 Å². The molecule has 0 aliphatic carbocycles. The Labute approximate surface area is 201 Å². The average Bonchev–Trinajstić information content (AvgIpc) is 2.72. The van der Waals surface area contributed by atoms with Gasteiger partial charge in [-0.3, -0.25) is 8.93 Å². The maximum absolute atomic E-state index is 12.6. The molecule has 0 fully saturated rings. The monoisotopic (exact) mass is 526 g/mol. The molecule has 0 aliphatic rings. The van der Waals surface area contributed by atoms with Crippen molar-refractivity contribution in [1.82, 2.24) is 9.97 Å². The summed E-state index contributed by atoms with van der Waals surface area (Å²) in [5.74, 6) is -0.230. The van der Waals surface area contributed by atoms with Gasteiger partial charge in [-0.1, -0.05) is 18.2 Å². The van der Waals surface area contributed by atoms with Crippen LogP contribution in [0.5, 0.6) is 5.75 Å². The lowest BCUT2D eigenvalue weighted by Gasteiger charge is -2.16. The lowest BCUT2D eigenvalue weighted by atomic mass is 10.1. The Morgan fingerprint density at radius 3 is 2.24 bits per heavy atom. The van der Waals surface area contributed by atoms with E-state index in [2.05, 4.69) is 20.0 Å². The number of sulfone groups is 1. The number of sulfonamides is 1. The van der Waals surface area contributed by atoms with Crippen LogP contribution in [0.25, 0.3) is 11.0 Å². The second kappa shape index (κ2) is 10.7. The molecular weight excluding hydrogens is 500 g/mol. The van der Waals surface area contributed by atoms with E-state index in [0.717, 1.165) is 11.8 Å². The molecule has 34 heavy (non-hydrogen) atoms. The molecule has 0 saturated carbocycles.